The van der Waals surface area contributed by atoms with Crippen LogP contribution < -0.4 is 0 Å². The van der Waals surface area contributed by atoms with Crippen LogP contribution in [0.1, 0.15) is 46.0 Å². The molecule has 0 radical (unpaired) electrons. The summed E-state index contributed by atoms with van der Waals surface area (Å²) < 4.78 is 11.2. The molecule has 2 atom stereocenters. The van der Waals surface area contributed by atoms with Gasteiger partial charge in [-0.25, -0.2) is 0 Å². The first-order chi connectivity index (χ1) is 7.26. The van der Waals surface area contributed by atoms with Crippen molar-refractivity contribution < 1.29 is 9.47 Å². The van der Waals surface area contributed by atoms with Gasteiger partial charge in [-0.2, -0.15) is 0 Å². The maximum Gasteiger partial charge on any atom is 0.0864 e. The highest BCUT2D eigenvalue weighted by atomic mass is 16.5. The molecule has 2 nitrogen and oxygen atoms in total. The normalized spacial score (nSPS) is 30.7. The minimum absolute atomic E-state index is 0.000208. The summed E-state index contributed by atoms with van der Waals surface area (Å²) >= 11 is 0. The van der Waals surface area contributed by atoms with Crippen LogP contribution in [0.2, 0.25) is 0 Å². The van der Waals surface area contributed by atoms with Crippen LogP contribution in [-0.2, 0) is 9.47 Å². The molecule has 0 aromatic heterocycles. The number of ether oxygens (including phenoxy) is 2. The molecule has 2 unspecified atom stereocenters. The van der Waals surface area contributed by atoms with E-state index in [-0.39, 0.29) is 5.60 Å². The predicted octanol–water partition coefficient (Wildman–Crippen LogP) is 3.32. The van der Waals surface area contributed by atoms with Crippen LogP contribution >= 0.6 is 0 Å². The van der Waals surface area contributed by atoms with Crippen molar-refractivity contribution in [2.24, 2.45) is 0 Å². The van der Waals surface area contributed by atoms with Gasteiger partial charge in [-0.15, -0.1) is 0 Å². The molecule has 1 aliphatic carbocycles. The maximum absolute atomic E-state index is 5.92. The van der Waals surface area contributed by atoms with Crippen molar-refractivity contribution in [2.75, 3.05) is 13.7 Å². The molecule has 2 heteroatoms. The summed E-state index contributed by atoms with van der Waals surface area (Å²) in [5.74, 6) is 0. The third-order valence-electron chi connectivity index (χ3n) is 3.15. The van der Waals surface area contributed by atoms with Gasteiger partial charge in [-0.05, 0) is 26.2 Å². The van der Waals surface area contributed by atoms with Gasteiger partial charge in [-0.3, -0.25) is 0 Å². The van der Waals surface area contributed by atoms with Gasteiger partial charge in [0.05, 0.1) is 11.7 Å². The topological polar surface area (TPSA) is 18.5 Å². The monoisotopic (exact) mass is 212 g/mol. The molecule has 15 heavy (non-hydrogen) atoms. The smallest absolute Gasteiger partial charge is 0.0864 e. The lowest BCUT2D eigenvalue weighted by atomic mass is 9.85. The molecular weight excluding hydrogens is 188 g/mol. The van der Waals surface area contributed by atoms with E-state index in [2.05, 4.69) is 26.0 Å². The maximum atomic E-state index is 5.92. The number of hydrogen-bond acceptors (Lipinski definition) is 2. The summed E-state index contributed by atoms with van der Waals surface area (Å²) in [4.78, 5) is 0. The van der Waals surface area contributed by atoms with Crippen LogP contribution in [-0.4, -0.2) is 25.4 Å². The van der Waals surface area contributed by atoms with E-state index in [9.17, 15) is 0 Å². The molecule has 0 bridgehead atoms. The molecule has 0 aromatic carbocycles. The quantitative estimate of drug-likeness (QED) is 0.629. The molecule has 0 spiro atoms. The molecule has 0 saturated heterocycles. The first-order valence-corrected chi connectivity index (χ1v) is 6.12. The molecule has 0 heterocycles. The second kappa shape index (κ2) is 6.29. The third kappa shape index (κ3) is 3.62. The predicted molar refractivity (Wildman–Crippen MR) is 63.1 cm³/mol. The molecule has 0 fully saturated rings. The van der Waals surface area contributed by atoms with Crippen LogP contribution in [0.5, 0.6) is 0 Å². The van der Waals surface area contributed by atoms with E-state index in [0.29, 0.717) is 6.10 Å². The van der Waals surface area contributed by atoms with E-state index in [4.69, 9.17) is 9.47 Å². The Morgan fingerprint density at radius 1 is 1.40 bits per heavy atom. The van der Waals surface area contributed by atoms with Crippen molar-refractivity contribution in [1.29, 1.82) is 0 Å². The van der Waals surface area contributed by atoms with E-state index < -0.39 is 0 Å². The summed E-state index contributed by atoms with van der Waals surface area (Å²) in [6.45, 7) is 5.10. The van der Waals surface area contributed by atoms with E-state index in [0.717, 1.165) is 25.9 Å². The summed E-state index contributed by atoms with van der Waals surface area (Å²) in [5.41, 5.74) is -0.000208. The number of methoxy groups -OCH3 is 1. The van der Waals surface area contributed by atoms with Crippen LogP contribution in [0.25, 0.3) is 0 Å². The molecule has 1 aliphatic rings. The second-order valence-corrected chi connectivity index (χ2v) is 4.27. The highest BCUT2D eigenvalue weighted by Crippen LogP contribution is 2.31. The van der Waals surface area contributed by atoms with Crippen LogP contribution in [0.15, 0.2) is 12.2 Å². The molecular formula is C13H24O2. The van der Waals surface area contributed by atoms with Gasteiger partial charge in [0.2, 0.25) is 0 Å². The van der Waals surface area contributed by atoms with Crippen molar-refractivity contribution >= 4 is 0 Å². The van der Waals surface area contributed by atoms with E-state index in [1.165, 1.54) is 12.8 Å². The Labute approximate surface area is 93.7 Å². The molecule has 0 aliphatic heterocycles. The van der Waals surface area contributed by atoms with Crippen molar-refractivity contribution in [3.8, 4) is 0 Å². The molecule has 0 aromatic rings. The van der Waals surface area contributed by atoms with Crippen LogP contribution in [0.3, 0.4) is 0 Å². The number of rotatable bonds is 6. The van der Waals surface area contributed by atoms with Crippen molar-refractivity contribution in [2.45, 2.75) is 57.7 Å². The lowest BCUT2D eigenvalue weighted by Crippen LogP contribution is -2.35. The summed E-state index contributed by atoms with van der Waals surface area (Å²) in [7, 11) is 1.77. The summed E-state index contributed by atoms with van der Waals surface area (Å²) in [5, 5.41) is 0. The van der Waals surface area contributed by atoms with E-state index in [1.54, 1.807) is 7.11 Å². The second-order valence-electron chi connectivity index (χ2n) is 4.27. The average molecular weight is 212 g/mol. The molecule has 88 valence electrons. The zero-order valence-corrected chi connectivity index (χ0v) is 10.3. The fraction of sp³-hybridized carbons (Fsp3) is 0.846. The molecule has 0 N–H and O–H groups in total. The zero-order chi connectivity index (χ0) is 11.1. The fourth-order valence-corrected chi connectivity index (χ4v) is 2.21. The van der Waals surface area contributed by atoms with Gasteiger partial charge in [-0.1, -0.05) is 31.9 Å². The molecule has 0 amide bonds. The largest absolute Gasteiger partial charge is 0.377 e. The number of hydrogen-bond donors (Lipinski definition) is 0. The van der Waals surface area contributed by atoms with E-state index >= 15 is 0 Å². The van der Waals surface area contributed by atoms with Gasteiger partial charge in [0.1, 0.15) is 0 Å². The van der Waals surface area contributed by atoms with Gasteiger partial charge < -0.3 is 9.47 Å². The first kappa shape index (κ1) is 12.7. The van der Waals surface area contributed by atoms with Gasteiger partial charge >= 0.3 is 0 Å². The SMILES string of the molecule is CCCCC1(OCC)C=CC(OC)CC1. The van der Waals surface area contributed by atoms with Crippen LogP contribution in [0, 0.1) is 0 Å². The Balaban J connectivity index is 2.58. The minimum Gasteiger partial charge on any atom is -0.377 e. The van der Waals surface area contributed by atoms with Crippen molar-refractivity contribution in [3.05, 3.63) is 12.2 Å². The lowest BCUT2D eigenvalue weighted by Gasteiger charge is -2.35. The van der Waals surface area contributed by atoms with Gasteiger partial charge in [0, 0.05) is 13.7 Å². The minimum atomic E-state index is -0.000208. The highest BCUT2D eigenvalue weighted by molar-refractivity contribution is 5.09. The lowest BCUT2D eigenvalue weighted by molar-refractivity contribution is -0.0316. The van der Waals surface area contributed by atoms with Gasteiger partial charge in [0.15, 0.2) is 0 Å². The zero-order valence-electron chi connectivity index (χ0n) is 10.3. The first-order valence-electron chi connectivity index (χ1n) is 6.12. The third-order valence-corrected chi connectivity index (χ3v) is 3.15. The van der Waals surface area contributed by atoms with Crippen molar-refractivity contribution in [3.63, 3.8) is 0 Å². The molecule has 1 rings (SSSR count). The Morgan fingerprint density at radius 3 is 2.67 bits per heavy atom. The standard InChI is InChI=1S/C13H24O2/c1-4-6-9-13(15-5-2)10-7-12(14-3)8-11-13/h7,10,12H,4-6,8-9,11H2,1-3H3. The Hall–Kier alpha value is -0.340. The summed E-state index contributed by atoms with van der Waals surface area (Å²) in [6.07, 6.45) is 10.5. The van der Waals surface area contributed by atoms with Crippen molar-refractivity contribution in [1.82, 2.24) is 0 Å². The highest BCUT2D eigenvalue weighted by Gasteiger charge is 2.30. The Morgan fingerprint density at radius 2 is 2.20 bits per heavy atom. The Kier molecular flexibility index (Phi) is 5.34. The van der Waals surface area contributed by atoms with E-state index in [1.807, 2.05) is 0 Å². The Bertz CT molecular complexity index is 201. The molecule has 0 saturated carbocycles. The fourth-order valence-electron chi connectivity index (χ4n) is 2.21. The number of unbranched alkanes of at least 4 members (excludes halogenated alkanes) is 1. The van der Waals surface area contributed by atoms with Crippen LogP contribution in [0.4, 0.5) is 0 Å². The average Bonchev–Trinajstić information content (AvgIpc) is 2.28. The van der Waals surface area contributed by atoms with Gasteiger partial charge in [0.25, 0.3) is 0 Å². The summed E-state index contributed by atoms with van der Waals surface area (Å²) in [6, 6.07) is 0.